The highest BCUT2D eigenvalue weighted by Crippen LogP contribution is 2.24. The summed E-state index contributed by atoms with van der Waals surface area (Å²) in [6.45, 7) is 4.76. The van der Waals surface area contributed by atoms with Crippen molar-refractivity contribution in [1.82, 2.24) is 9.47 Å². The molecule has 2 heterocycles. The van der Waals surface area contributed by atoms with Gasteiger partial charge in [0.2, 0.25) is 5.91 Å². The van der Waals surface area contributed by atoms with E-state index in [2.05, 4.69) is 38.3 Å². The van der Waals surface area contributed by atoms with E-state index in [-0.39, 0.29) is 12.5 Å². The SMILES string of the molecule is O=C(Cn1ccc2c(Br)cccc21)Nc1ccc(CN2CCOCC2)cc1. The summed E-state index contributed by atoms with van der Waals surface area (Å²) in [6, 6.07) is 16.1. The highest BCUT2D eigenvalue weighted by Gasteiger charge is 2.11. The van der Waals surface area contributed by atoms with E-state index in [0.29, 0.717) is 0 Å². The maximum Gasteiger partial charge on any atom is 0.244 e. The minimum absolute atomic E-state index is 0.0339. The molecule has 140 valence electrons. The van der Waals surface area contributed by atoms with Gasteiger partial charge in [-0.1, -0.05) is 34.1 Å². The topological polar surface area (TPSA) is 46.5 Å². The first-order chi connectivity index (χ1) is 13.2. The Morgan fingerprint density at radius 3 is 2.63 bits per heavy atom. The maximum atomic E-state index is 12.4. The van der Waals surface area contributed by atoms with Crippen LogP contribution in [-0.4, -0.2) is 41.7 Å². The van der Waals surface area contributed by atoms with E-state index in [1.807, 2.05) is 47.2 Å². The Balaban J connectivity index is 1.37. The number of rotatable bonds is 5. The smallest absolute Gasteiger partial charge is 0.244 e. The Labute approximate surface area is 167 Å². The molecule has 27 heavy (non-hydrogen) atoms. The van der Waals surface area contributed by atoms with Crippen molar-refractivity contribution in [3.8, 4) is 0 Å². The molecule has 1 N–H and O–H groups in total. The van der Waals surface area contributed by atoms with Gasteiger partial charge >= 0.3 is 0 Å². The van der Waals surface area contributed by atoms with E-state index in [1.165, 1.54) is 5.56 Å². The van der Waals surface area contributed by atoms with Crippen LogP contribution in [0, 0.1) is 0 Å². The second-order valence-corrected chi connectivity index (χ2v) is 7.60. The summed E-state index contributed by atoms with van der Waals surface area (Å²) in [5.74, 6) is -0.0339. The number of amides is 1. The van der Waals surface area contributed by atoms with Gasteiger partial charge in [0.15, 0.2) is 0 Å². The molecule has 0 spiro atoms. The quantitative estimate of drug-likeness (QED) is 0.671. The molecular weight excluding hydrogens is 406 g/mol. The van der Waals surface area contributed by atoms with Gasteiger partial charge in [-0.2, -0.15) is 0 Å². The van der Waals surface area contributed by atoms with E-state index < -0.39 is 0 Å². The lowest BCUT2D eigenvalue weighted by Crippen LogP contribution is -2.35. The average molecular weight is 428 g/mol. The van der Waals surface area contributed by atoms with Crippen LogP contribution in [0.3, 0.4) is 0 Å². The molecule has 2 aromatic carbocycles. The summed E-state index contributed by atoms with van der Waals surface area (Å²) in [5.41, 5.74) is 3.11. The van der Waals surface area contributed by atoms with Crippen LogP contribution < -0.4 is 5.32 Å². The number of morpholine rings is 1. The second kappa shape index (κ2) is 8.25. The summed E-state index contributed by atoms with van der Waals surface area (Å²) in [4.78, 5) is 14.8. The summed E-state index contributed by atoms with van der Waals surface area (Å²) in [5, 5.41) is 4.09. The zero-order chi connectivity index (χ0) is 18.6. The molecule has 6 heteroatoms. The number of benzene rings is 2. The van der Waals surface area contributed by atoms with Crippen LogP contribution in [0.2, 0.25) is 0 Å². The molecule has 0 radical (unpaired) electrons. The lowest BCUT2D eigenvalue weighted by atomic mass is 10.2. The first-order valence-electron chi connectivity index (χ1n) is 9.11. The lowest BCUT2D eigenvalue weighted by Gasteiger charge is -2.26. The van der Waals surface area contributed by atoms with Crippen LogP contribution >= 0.6 is 15.9 Å². The molecule has 1 aliphatic rings. The van der Waals surface area contributed by atoms with Crippen LogP contribution in [0.1, 0.15) is 5.56 Å². The van der Waals surface area contributed by atoms with Crippen molar-refractivity contribution in [2.45, 2.75) is 13.1 Å². The normalized spacial score (nSPS) is 15.1. The number of nitrogens with zero attached hydrogens (tertiary/aromatic N) is 2. The number of aromatic nitrogens is 1. The number of carbonyl (C=O) groups is 1. The Bertz CT molecular complexity index is 930. The van der Waals surface area contributed by atoms with Crippen LogP contribution in [0.5, 0.6) is 0 Å². The lowest BCUT2D eigenvalue weighted by molar-refractivity contribution is -0.116. The Kier molecular flexibility index (Phi) is 5.57. The van der Waals surface area contributed by atoms with Crippen LogP contribution in [0.4, 0.5) is 5.69 Å². The standard InChI is InChI=1S/C21H22BrN3O2/c22-19-2-1-3-20-18(19)8-9-25(20)15-21(26)23-17-6-4-16(5-7-17)14-24-10-12-27-13-11-24/h1-9H,10-15H2,(H,23,26). The molecule has 0 saturated carbocycles. The highest BCUT2D eigenvalue weighted by molar-refractivity contribution is 9.10. The molecule has 0 bridgehead atoms. The van der Waals surface area contributed by atoms with Crippen molar-refractivity contribution >= 4 is 38.4 Å². The predicted molar refractivity (Wildman–Crippen MR) is 111 cm³/mol. The van der Waals surface area contributed by atoms with Gasteiger partial charge in [-0.15, -0.1) is 0 Å². The number of hydrogen-bond acceptors (Lipinski definition) is 3. The fourth-order valence-corrected chi connectivity index (χ4v) is 3.88. The Morgan fingerprint density at radius 1 is 1.07 bits per heavy atom. The third-order valence-electron chi connectivity index (χ3n) is 4.82. The minimum atomic E-state index is -0.0339. The molecule has 1 amide bonds. The van der Waals surface area contributed by atoms with Crippen LogP contribution in [0.25, 0.3) is 10.9 Å². The zero-order valence-electron chi connectivity index (χ0n) is 15.0. The highest BCUT2D eigenvalue weighted by atomic mass is 79.9. The van der Waals surface area contributed by atoms with E-state index >= 15 is 0 Å². The second-order valence-electron chi connectivity index (χ2n) is 6.75. The minimum Gasteiger partial charge on any atom is -0.379 e. The van der Waals surface area contributed by atoms with Crippen LogP contribution in [-0.2, 0) is 22.6 Å². The maximum absolute atomic E-state index is 12.4. The number of halogens is 1. The van der Waals surface area contributed by atoms with E-state index in [1.54, 1.807) is 0 Å². The third-order valence-corrected chi connectivity index (χ3v) is 5.51. The fraction of sp³-hybridized carbons (Fsp3) is 0.286. The van der Waals surface area contributed by atoms with Crippen molar-refractivity contribution in [3.63, 3.8) is 0 Å². The molecule has 5 nitrogen and oxygen atoms in total. The third kappa shape index (κ3) is 4.40. The molecule has 4 rings (SSSR count). The number of carbonyl (C=O) groups excluding carboxylic acids is 1. The summed E-state index contributed by atoms with van der Waals surface area (Å²) >= 11 is 3.55. The van der Waals surface area contributed by atoms with Gasteiger partial charge in [-0.05, 0) is 35.9 Å². The monoisotopic (exact) mass is 427 g/mol. The van der Waals surface area contributed by atoms with Gasteiger partial charge in [0, 0.05) is 46.9 Å². The number of nitrogens with one attached hydrogen (secondary N) is 1. The van der Waals surface area contributed by atoms with Crippen molar-refractivity contribution < 1.29 is 9.53 Å². The van der Waals surface area contributed by atoms with Gasteiger partial charge in [-0.3, -0.25) is 9.69 Å². The van der Waals surface area contributed by atoms with Gasteiger partial charge in [-0.25, -0.2) is 0 Å². The molecule has 0 atom stereocenters. The average Bonchev–Trinajstić information content (AvgIpc) is 3.08. The Morgan fingerprint density at radius 2 is 1.85 bits per heavy atom. The molecule has 1 saturated heterocycles. The van der Waals surface area contributed by atoms with Gasteiger partial charge in [0.25, 0.3) is 0 Å². The number of ether oxygens (including phenoxy) is 1. The van der Waals surface area contributed by atoms with Crippen molar-refractivity contribution in [3.05, 3.63) is 64.8 Å². The van der Waals surface area contributed by atoms with Crippen molar-refractivity contribution in [2.24, 2.45) is 0 Å². The van der Waals surface area contributed by atoms with Crippen molar-refractivity contribution in [2.75, 3.05) is 31.6 Å². The Hall–Kier alpha value is -2.15. The predicted octanol–water partition coefficient (Wildman–Crippen LogP) is 3.87. The number of fused-ring (bicyclic) bond motifs is 1. The number of hydrogen-bond donors (Lipinski definition) is 1. The molecule has 3 aromatic rings. The van der Waals surface area contributed by atoms with E-state index in [4.69, 9.17) is 4.74 Å². The van der Waals surface area contributed by atoms with E-state index in [0.717, 1.165) is 53.9 Å². The first-order valence-corrected chi connectivity index (χ1v) is 9.90. The molecule has 0 aliphatic carbocycles. The molecule has 1 aliphatic heterocycles. The first kappa shape index (κ1) is 18.2. The van der Waals surface area contributed by atoms with Crippen molar-refractivity contribution in [1.29, 1.82) is 0 Å². The summed E-state index contributed by atoms with van der Waals surface area (Å²) in [6.07, 6.45) is 1.94. The molecular formula is C21H22BrN3O2. The summed E-state index contributed by atoms with van der Waals surface area (Å²) in [7, 11) is 0. The molecule has 1 aromatic heterocycles. The summed E-state index contributed by atoms with van der Waals surface area (Å²) < 4.78 is 8.38. The van der Waals surface area contributed by atoms with Gasteiger partial charge < -0.3 is 14.6 Å². The molecule has 0 unspecified atom stereocenters. The van der Waals surface area contributed by atoms with Gasteiger partial charge in [0.05, 0.1) is 13.2 Å². The van der Waals surface area contributed by atoms with Gasteiger partial charge in [0.1, 0.15) is 6.54 Å². The van der Waals surface area contributed by atoms with E-state index in [9.17, 15) is 4.79 Å². The zero-order valence-corrected chi connectivity index (χ0v) is 16.6. The van der Waals surface area contributed by atoms with Crippen LogP contribution in [0.15, 0.2) is 59.2 Å². The number of anilines is 1. The fourth-order valence-electron chi connectivity index (χ4n) is 3.39. The molecule has 1 fully saturated rings. The largest absolute Gasteiger partial charge is 0.379 e.